The van der Waals surface area contributed by atoms with Gasteiger partial charge in [0.05, 0.1) is 11.4 Å². The lowest BCUT2D eigenvalue weighted by Gasteiger charge is -2.35. The van der Waals surface area contributed by atoms with Gasteiger partial charge in [0.1, 0.15) is 11.6 Å². The highest BCUT2D eigenvalue weighted by molar-refractivity contribution is 9.10. The van der Waals surface area contributed by atoms with Crippen LogP contribution in [0.5, 0.6) is 5.75 Å². The predicted molar refractivity (Wildman–Crippen MR) is 138 cm³/mol. The number of aromatic hydroxyl groups is 1. The summed E-state index contributed by atoms with van der Waals surface area (Å²) < 4.78 is 2.77. The van der Waals surface area contributed by atoms with E-state index in [1.54, 1.807) is 17.4 Å². The highest BCUT2D eigenvalue weighted by Gasteiger charge is 2.42. The van der Waals surface area contributed by atoms with Gasteiger partial charge in [0, 0.05) is 50.0 Å². The SMILES string of the molecule is Cc1nn(-c2ccccc2)c2c1[C@@H](c1cc(Br)ccc1O)C1=C(C[C@H](c3cccs3)CC1=O)N2. The van der Waals surface area contributed by atoms with E-state index >= 15 is 0 Å². The molecule has 0 unspecified atom stereocenters. The Hall–Kier alpha value is -3.16. The number of Topliss-reactive ketones (excluding diaryl/α,β-unsaturated/α-hetero) is 1. The van der Waals surface area contributed by atoms with E-state index in [0.717, 1.165) is 44.9 Å². The van der Waals surface area contributed by atoms with Gasteiger partial charge >= 0.3 is 0 Å². The molecule has 2 N–H and O–H groups in total. The third kappa shape index (κ3) is 3.42. The molecule has 2 aromatic heterocycles. The highest BCUT2D eigenvalue weighted by atomic mass is 79.9. The van der Waals surface area contributed by atoms with Gasteiger partial charge in [0.15, 0.2) is 5.78 Å². The molecule has 0 saturated carbocycles. The summed E-state index contributed by atoms with van der Waals surface area (Å²) in [6.07, 6.45) is 1.21. The van der Waals surface area contributed by atoms with Gasteiger partial charge in [-0.25, -0.2) is 4.68 Å². The number of carbonyl (C=O) groups excluding carboxylic acids is 1. The molecule has 170 valence electrons. The number of aryl methyl sites for hydroxylation is 1. The maximum atomic E-state index is 13.7. The Balaban J connectivity index is 1.58. The number of phenolic OH excluding ortho intramolecular Hbond substituents is 1. The molecule has 0 spiro atoms. The van der Waals surface area contributed by atoms with Crippen molar-refractivity contribution in [3.8, 4) is 11.4 Å². The molecule has 2 aliphatic rings. The molecule has 4 aromatic rings. The van der Waals surface area contributed by atoms with E-state index in [1.165, 1.54) is 4.88 Å². The van der Waals surface area contributed by atoms with E-state index in [4.69, 9.17) is 5.10 Å². The summed E-state index contributed by atoms with van der Waals surface area (Å²) in [7, 11) is 0. The lowest BCUT2D eigenvalue weighted by molar-refractivity contribution is -0.116. The zero-order chi connectivity index (χ0) is 23.4. The molecule has 1 aliphatic carbocycles. The zero-order valence-electron chi connectivity index (χ0n) is 18.5. The number of hydrogen-bond acceptors (Lipinski definition) is 5. The van der Waals surface area contributed by atoms with Crippen LogP contribution in [0.25, 0.3) is 5.69 Å². The van der Waals surface area contributed by atoms with Crippen LogP contribution in [0.15, 0.2) is 81.8 Å². The van der Waals surface area contributed by atoms with E-state index in [-0.39, 0.29) is 17.5 Å². The highest BCUT2D eigenvalue weighted by Crippen LogP contribution is 2.51. The summed E-state index contributed by atoms with van der Waals surface area (Å²) in [4.78, 5) is 14.9. The Morgan fingerprint density at radius 2 is 1.94 bits per heavy atom. The third-order valence-electron chi connectivity index (χ3n) is 6.71. The number of nitrogens with one attached hydrogen (secondary N) is 1. The molecule has 2 aromatic carbocycles. The molecule has 0 amide bonds. The summed E-state index contributed by atoms with van der Waals surface area (Å²) in [6, 6.07) is 19.5. The number of aromatic nitrogens is 2. The Labute approximate surface area is 209 Å². The van der Waals surface area contributed by atoms with Crippen molar-refractivity contribution >= 4 is 38.9 Å². The normalized spacial score (nSPS) is 19.5. The van der Waals surface area contributed by atoms with Gasteiger partial charge in [-0.2, -0.15) is 5.10 Å². The molecule has 0 radical (unpaired) electrons. The minimum atomic E-state index is -0.391. The van der Waals surface area contributed by atoms with Crippen molar-refractivity contribution in [3.63, 3.8) is 0 Å². The average molecular weight is 532 g/mol. The van der Waals surface area contributed by atoms with E-state index in [0.29, 0.717) is 12.0 Å². The largest absolute Gasteiger partial charge is 0.508 e. The molecule has 0 bridgehead atoms. The molecule has 7 heteroatoms. The standard InChI is InChI=1S/C27H22BrN3O2S/c1-15-24-25(19-14-17(28)9-10-21(19)32)26-20(12-16(13-22(26)33)23-8-5-11-34-23)29-27(24)31(30-15)18-6-3-2-4-7-18/h2-11,14,16,25,29,32H,12-13H2,1H3/t16-,25+/m0/s1. The number of benzene rings is 2. The second kappa shape index (κ2) is 8.25. The van der Waals surface area contributed by atoms with Crippen LogP contribution in [0, 0.1) is 6.92 Å². The molecule has 3 heterocycles. The van der Waals surface area contributed by atoms with Crippen molar-refractivity contribution < 1.29 is 9.90 Å². The number of rotatable bonds is 3. The number of phenols is 1. The third-order valence-corrected chi connectivity index (χ3v) is 8.24. The fourth-order valence-corrected chi connectivity index (χ4v) is 6.43. The average Bonchev–Trinajstić information content (AvgIpc) is 3.49. The Morgan fingerprint density at radius 1 is 1.12 bits per heavy atom. The monoisotopic (exact) mass is 531 g/mol. The summed E-state index contributed by atoms with van der Waals surface area (Å²) in [6.45, 7) is 1.97. The van der Waals surface area contributed by atoms with Gasteiger partial charge in [0.2, 0.25) is 0 Å². The van der Waals surface area contributed by atoms with Gasteiger partial charge < -0.3 is 10.4 Å². The molecular weight excluding hydrogens is 510 g/mol. The topological polar surface area (TPSA) is 67.1 Å². The van der Waals surface area contributed by atoms with E-state index < -0.39 is 5.92 Å². The number of fused-ring (bicyclic) bond motifs is 1. The maximum Gasteiger partial charge on any atom is 0.162 e. The Morgan fingerprint density at radius 3 is 2.71 bits per heavy atom. The first-order valence-corrected chi connectivity index (χ1v) is 12.9. The smallest absolute Gasteiger partial charge is 0.162 e. The Bertz CT molecular complexity index is 1440. The molecule has 1 aliphatic heterocycles. The number of carbonyl (C=O) groups is 1. The van der Waals surface area contributed by atoms with Gasteiger partial charge in [0.25, 0.3) is 0 Å². The quantitative estimate of drug-likeness (QED) is 0.309. The molecule has 6 rings (SSSR count). The summed E-state index contributed by atoms with van der Waals surface area (Å²) in [5.41, 5.74) is 5.07. The van der Waals surface area contributed by atoms with Crippen LogP contribution < -0.4 is 5.32 Å². The van der Waals surface area contributed by atoms with Crippen LogP contribution in [0.3, 0.4) is 0 Å². The number of halogens is 1. The number of para-hydroxylation sites is 1. The Kier molecular flexibility index (Phi) is 5.19. The molecule has 0 fully saturated rings. The second-order valence-electron chi connectivity index (χ2n) is 8.79. The lowest BCUT2D eigenvalue weighted by atomic mass is 9.73. The van der Waals surface area contributed by atoms with Gasteiger partial charge in [-0.05, 0) is 55.1 Å². The lowest BCUT2D eigenvalue weighted by Crippen LogP contribution is -2.30. The molecule has 0 saturated heterocycles. The minimum Gasteiger partial charge on any atom is -0.508 e. The van der Waals surface area contributed by atoms with Crippen molar-refractivity contribution in [1.82, 2.24) is 9.78 Å². The number of nitrogens with zero attached hydrogens (tertiary/aromatic N) is 2. The summed E-state index contributed by atoms with van der Waals surface area (Å²) in [5.74, 6) is 0.901. The van der Waals surface area contributed by atoms with Crippen molar-refractivity contribution in [3.05, 3.63) is 103 Å². The first kappa shape index (κ1) is 21.4. The predicted octanol–water partition coefficient (Wildman–Crippen LogP) is 6.67. The number of hydrogen-bond donors (Lipinski definition) is 2. The summed E-state index contributed by atoms with van der Waals surface area (Å²) >= 11 is 5.25. The van der Waals surface area contributed by atoms with Crippen molar-refractivity contribution in [2.75, 3.05) is 5.32 Å². The van der Waals surface area contributed by atoms with Gasteiger partial charge in [-0.1, -0.05) is 40.2 Å². The first-order valence-electron chi connectivity index (χ1n) is 11.2. The van der Waals surface area contributed by atoms with Gasteiger partial charge in [-0.15, -0.1) is 11.3 Å². The number of allylic oxidation sites excluding steroid dienone is 2. The van der Waals surface area contributed by atoms with E-state index in [2.05, 4.69) is 32.7 Å². The first-order chi connectivity index (χ1) is 16.5. The van der Waals surface area contributed by atoms with Crippen LogP contribution in [-0.4, -0.2) is 20.7 Å². The summed E-state index contributed by atoms with van der Waals surface area (Å²) in [5, 5.41) is 21.4. The molecule has 2 atom stereocenters. The molecular formula is C27H22BrN3O2S. The van der Waals surface area contributed by atoms with E-state index in [1.807, 2.05) is 60.1 Å². The molecule has 5 nitrogen and oxygen atoms in total. The van der Waals surface area contributed by atoms with Crippen molar-refractivity contribution in [1.29, 1.82) is 0 Å². The van der Waals surface area contributed by atoms with Gasteiger partial charge in [-0.3, -0.25) is 4.79 Å². The van der Waals surface area contributed by atoms with Crippen LogP contribution in [0.4, 0.5) is 5.82 Å². The number of thiophene rings is 1. The van der Waals surface area contributed by atoms with Crippen LogP contribution in [0.1, 0.15) is 46.4 Å². The fraction of sp³-hybridized carbons (Fsp3) is 0.185. The minimum absolute atomic E-state index is 0.119. The van der Waals surface area contributed by atoms with Crippen LogP contribution in [-0.2, 0) is 4.79 Å². The van der Waals surface area contributed by atoms with Crippen molar-refractivity contribution in [2.45, 2.75) is 31.6 Å². The second-order valence-corrected chi connectivity index (χ2v) is 10.7. The molecule has 34 heavy (non-hydrogen) atoms. The van der Waals surface area contributed by atoms with Crippen LogP contribution in [0.2, 0.25) is 0 Å². The maximum absolute atomic E-state index is 13.7. The number of ketones is 1. The zero-order valence-corrected chi connectivity index (χ0v) is 20.9. The van der Waals surface area contributed by atoms with Crippen molar-refractivity contribution in [2.24, 2.45) is 0 Å². The van der Waals surface area contributed by atoms with E-state index in [9.17, 15) is 9.90 Å². The van der Waals surface area contributed by atoms with Crippen LogP contribution >= 0.6 is 27.3 Å². The number of anilines is 1. The fourth-order valence-electron chi connectivity index (χ4n) is 5.22.